The number of nitrogens with zero attached hydrogens (tertiary/aromatic N) is 1. The zero-order valence-corrected chi connectivity index (χ0v) is 12.0. The van der Waals surface area contributed by atoms with Crippen molar-refractivity contribution in [2.45, 2.75) is 17.7 Å². The number of hydrogen-bond donors (Lipinski definition) is 1. The normalized spacial score (nSPS) is 11.6. The molecule has 1 heterocycles. The summed E-state index contributed by atoms with van der Waals surface area (Å²) in [4.78, 5) is 3.82. The lowest BCUT2D eigenvalue weighted by molar-refractivity contribution is -0.137. The van der Waals surface area contributed by atoms with Crippen LogP contribution in [0.25, 0.3) is 0 Å². The number of alkyl halides is 3. The van der Waals surface area contributed by atoms with E-state index in [0.29, 0.717) is 5.03 Å². The smallest absolute Gasteiger partial charge is 0.312 e. The first kappa shape index (κ1) is 15.9. The van der Waals surface area contributed by atoms with Crippen molar-refractivity contribution in [3.05, 3.63) is 59.8 Å². The Bertz CT molecular complexity index is 541. The fraction of sp³-hybridized carbons (Fsp3) is 0.267. The molecule has 0 spiro atoms. The molecule has 1 N–H and O–H groups in total. The molecule has 2 aromatic rings. The monoisotopic (exact) mass is 312 g/mol. The number of rotatable bonds is 6. The van der Waals surface area contributed by atoms with Crippen molar-refractivity contribution in [1.29, 1.82) is 0 Å². The molecule has 21 heavy (non-hydrogen) atoms. The van der Waals surface area contributed by atoms with E-state index in [4.69, 9.17) is 0 Å². The Morgan fingerprint density at radius 2 is 1.81 bits per heavy atom. The summed E-state index contributed by atoms with van der Waals surface area (Å²) in [6.07, 6.45) is -3.45. The molecule has 0 atom stereocenters. The minimum Gasteiger partial charge on any atom is -0.312 e. The maximum absolute atomic E-state index is 12.4. The first-order valence-corrected chi connectivity index (χ1v) is 7.45. The van der Waals surface area contributed by atoms with E-state index in [1.165, 1.54) is 23.4 Å². The van der Waals surface area contributed by atoms with Crippen LogP contribution >= 0.6 is 11.8 Å². The molecule has 0 aliphatic rings. The second-order valence-electron chi connectivity index (χ2n) is 4.39. The summed E-state index contributed by atoms with van der Waals surface area (Å²) in [6, 6.07) is 12.5. The predicted octanol–water partition coefficient (Wildman–Crippen LogP) is 3.98. The zero-order chi connectivity index (χ0) is 15.1. The quantitative estimate of drug-likeness (QED) is 0.645. The number of thioether (sulfide) groups is 1. The summed E-state index contributed by atoms with van der Waals surface area (Å²) in [6.45, 7) is 1.55. The number of benzene rings is 1. The molecule has 1 aromatic carbocycles. The molecule has 6 heteroatoms. The van der Waals surface area contributed by atoms with Gasteiger partial charge in [-0.05, 0) is 17.7 Å². The summed E-state index contributed by atoms with van der Waals surface area (Å²) in [5, 5.41) is 3.88. The molecule has 0 bridgehead atoms. The van der Waals surface area contributed by atoms with Crippen molar-refractivity contribution < 1.29 is 13.2 Å². The summed E-state index contributed by atoms with van der Waals surface area (Å²) < 4.78 is 37.1. The Balaban J connectivity index is 1.69. The van der Waals surface area contributed by atoms with E-state index in [1.54, 1.807) is 0 Å². The van der Waals surface area contributed by atoms with Crippen LogP contribution in [0.15, 0.2) is 53.7 Å². The van der Waals surface area contributed by atoms with Crippen LogP contribution in [-0.2, 0) is 12.7 Å². The molecule has 0 aliphatic heterocycles. The average molecular weight is 312 g/mol. The van der Waals surface area contributed by atoms with Gasteiger partial charge < -0.3 is 5.32 Å². The van der Waals surface area contributed by atoms with E-state index < -0.39 is 11.7 Å². The minimum absolute atomic E-state index is 0.601. The van der Waals surface area contributed by atoms with Gasteiger partial charge in [0.25, 0.3) is 0 Å². The molecule has 0 radical (unpaired) electrons. The highest BCUT2D eigenvalue weighted by Crippen LogP contribution is 2.29. The van der Waals surface area contributed by atoms with Gasteiger partial charge in [0.05, 0.1) is 10.6 Å². The van der Waals surface area contributed by atoms with E-state index in [0.717, 1.165) is 31.1 Å². The van der Waals surface area contributed by atoms with Crippen LogP contribution in [0.5, 0.6) is 0 Å². The van der Waals surface area contributed by atoms with Crippen LogP contribution in [-0.4, -0.2) is 17.3 Å². The molecular weight excluding hydrogens is 297 g/mol. The number of halogens is 3. The Morgan fingerprint density at radius 3 is 2.43 bits per heavy atom. The Morgan fingerprint density at radius 1 is 1.05 bits per heavy atom. The summed E-state index contributed by atoms with van der Waals surface area (Å²) in [5.74, 6) is 0.755. The lowest BCUT2D eigenvalue weighted by Gasteiger charge is -2.07. The second-order valence-corrected chi connectivity index (χ2v) is 5.51. The largest absolute Gasteiger partial charge is 0.417 e. The van der Waals surface area contributed by atoms with Crippen LogP contribution in [0.1, 0.15) is 11.1 Å². The molecule has 0 aliphatic carbocycles. The van der Waals surface area contributed by atoms with E-state index >= 15 is 0 Å². The second kappa shape index (κ2) is 7.47. The molecule has 1 aromatic heterocycles. The highest BCUT2D eigenvalue weighted by atomic mass is 32.2. The number of aromatic nitrogens is 1. The first-order valence-electron chi connectivity index (χ1n) is 6.46. The minimum atomic E-state index is -4.33. The maximum atomic E-state index is 12.4. The fourth-order valence-corrected chi connectivity index (χ4v) is 2.44. The van der Waals surface area contributed by atoms with Gasteiger partial charge in [-0.2, -0.15) is 13.2 Å². The standard InChI is InChI=1S/C15H15F3N2S/c16-15(17,18)13-6-7-14(20-11-13)21-9-8-19-10-12-4-2-1-3-5-12/h1-7,11,19H,8-10H2. The molecular formula is C15H15F3N2S. The Kier molecular flexibility index (Phi) is 5.64. The van der Waals surface area contributed by atoms with Crippen LogP contribution in [0.4, 0.5) is 13.2 Å². The molecule has 0 saturated carbocycles. The molecule has 0 unspecified atom stereocenters. The van der Waals surface area contributed by atoms with Crippen molar-refractivity contribution in [2.75, 3.05) is 12.3 Å². The number of pyridine rings is 1. The Labute approximate surface area is 125 Å². The summed E-state index contributed by atoms with van der Waals surface area (Å²) in [5.41, 5.74) is 0.490. The summed E-state index contributed by atoms with van der Waals surface area (Å²) >= 11 is 1.43. The summed E-state index contributed by atoms with van der Waals surface area (Å²) in [7, 11) is 0. The zero-order valence-electron chi connectivity index (χ0n) is 11.2. The first-order chi connectivity index (χ1) is 10.1. The van der Waals surface area contributed by atoms with E-state index in [1.807, 2.05) is 30.3 Å². The van der Waals surface area contributed by atoms with Gasteiger partial charge in [-0.25, -0.2) is 4.98 Å². The average Bonchev–Trinajstić information content (AvgIpc) is 2.47. The van der Waals surface area contributed by atoms with Crippen LogP contribution in [0.2, 0.25) is 0 Å². The van der Waals surface area contributed by atoms with Gasteiger partial charge in [0, 0.05) is 25.0 Å². The van der Waals surface area contributed by atoms with Crippen molar-refractivity contribution in [3.8, 4) is 0 Å². The van der Waals surface area contributed by atoms with Gasteiger partial charge in [-0.1, -0.05) is 30.3 Å². The van der Waals surface area contributed by atoms with Crippen LogP contribution < -0.4 is 5.32 Å². The lowest BCUT2D eigenvalue weighted by Crippen LogP contribution is -2.16. The number of hydrogen-bond acceptors (Lipinski definition) is 3. The van der Waals surface area contributed by atoms with Crippen molar-refractivity contribution >= 4 is 11.8 Å². The van der Waals surface area contributed by atoms with Crippen molar-refractivity contribution in [1.82, 2.24) is 10.3 Å². The van der Waals surface area contributed by atoms with Crippen molar-refractivity contribution in [2.24, 2.45) is 0 Å². The third-order valence-corrected chi connectivity index (χ3v) is 3.71. The lowest BCUT2D eigenvalue weighted by atomic mass is 10.2. The van der Waals surface area contributed by atoms with Gasteiger partial charge in [0.1, 0.15) is 0 Å². The molecule has 0 amide bonds. The van der Waals surface area contributed by atoms with Gasteiger partial charge in [0.2, 0.25) is 0 Å². The van der Waals surface area contributed by atoms with E-state index in [2.05, 4.69) is 10.3 Å². The van der Waals surface area contributed by atoms with Gasteiger partial charge in [0.15, 0.2) is 0 Å². The topological polar surface area (TPSA) is 24.9 Å². The highest BCUT2D eigenvalue weighted by Gasteiger charge is 2.30. The Hall–Kier alpha value is -1.53. The van der Waals surface area contributed by atoms with Crippen LogP contribution in [0, 0.1) is 0 Å². The van der Waals surface area contributed by atoms with E-state index in [-0.39, 0.29) is 0 Å². The number of nitrogens with one attached hydrogen (secondary N) is 1. The molecule has 0 saturated heterocycles. The molecule has 2 nitrogen and oxygen atoms in total. The maximum Gasteiger partial charge on any atom is 0.417 e. The molecule has 0 fully saturated rings. The third kappa shape index (κ3) is 5.40. The van der Waals surface area contributed by atoms with Crippen molar-refractivity contribution in [3.63, 3.8) is 0 Å². The van der Waals surface area contributed by atoms with Crippen LogP contribution in [0.3, 0.4) is 0 Å². The molecule has 112 valence electrons. The third-order valence-electron chi connectivity index (χ3n) is 2.76. The van der Waals surface area contributed by atoms with E-state index in [9.17, 15) is 13.2 Å². The van der Waals surface area contributed by atoms with Gasteiger partial charge in [-0.3, -0.25) is 0 Å². The molecule has 2 rings (SSSR count). The predicted molar refractivity (Wildman–Crippen MR) is 78.1 cm³/mol. The fourth-order valence-electron chi connectivity index (χ4n) is 1.69. The SMILES string of the molecule is FC(F)(F)c1ccc(SCCNCc2ccccc2)nc1. The highest BCUT2D eigenvalue weighted by molar-refractivity contribution is 7.99. The van der Waals surface area contributed by atoms with Gasteiger partial charge >= 0.3 is 6.18 Å². The van der Waals surface area contributed by atoms with Gasteiger partial charge in [-0.15, -0.1) is 11.8 Å².